The number of hydrogen-bond acceptors (Lipinski definition) is 2. The van der Waals surface area contributed by atoms with Crippen molar-refractivity contribution in [3.05, 3.63) is 54.3 Å². The molecule has 0 aliphatic heterocycles. The molecule has 0 saturated heterocycles. The second-order valence-electron chi connectivity index (χ2n) is 3.68. The highest BCUT2D eigenvalue weighted by atomic mass is 19.1. The maximum atomic E-state index is 13.2. The second kappa shape index (κ2) is 5.18. The summed E-state index contributed by atoms with van der Waals surface area (Å²) in [5.41, 5.74) is 6.39. The van der Waals surface area contributed by atoms with Crippen LogP contribution in [0.5, 0.6) is 0 Å². The van der Waals surface area contributed by atoms with Crippen molar-refractivity contribution in [2.45, 2.75) is 0 Å². The van der Waals surface area contributed by atoms with Crippen LogP contribution in [0.25, 0.3) is 0 Å². The number of urea groups is 1. The minimum Gasteiger partial charge on any atom is -0.396 e. The molecule has 0 fully saturated rings. The summed E-state index contributed by atoms with van der Waals surface area (Å²) in [6.45, 7) is 0. The van der Waals surface area contributed by atoms with Gasteiger partial charge in [0.15, 0.2) is 0 Å². The van der Waals surface area contributed by atoms with Gasteiger partial charge in [0.05, 0.1) is 5.69 Å². The molecule has 2 aromatic rings. The summed E-state index contributed by atoms with van der Waals surface area (Å²) < 4.78 is 13.2. The highest BCUT2D eigenvalue weighted by Crippen LogP contribution is 2.16. The maximum Gasteiger partial charge on any atom is 0.323 e. The van der Waals surface area contributed by atoms with E-state index in [1.807, 2.05) is 6.07 Å². The molecule has 2 aromatic carbocycles. The average molecular weight is 245 g/mol. The zero-order valence-electron chi connectivity index (χ0n) is 9.48. The van der Waals surface area contributed by atoms with Crippen LogP contribution in [0.4, 0.5) is 26.2 Å². The van der Waals surface area contributed by atoms with Crippen molar-refractivity contribution in [3.8, 4) is 0 Å². The number of carbonyl (C=O) groups is 1. The molecule has 4 N–H and O–H groups in total. The van der Waals surface area contributed by atoms with Crippen LogP contribution < -0.4 is 16.4 Å². The molecule has 0 bridgehead atoms. The number of para-hydroxylation sites is 1. The number of carbonyl (C=O) groups excluding carboxylic acids is 1. The second-order valence-corrected chi connectivity index (χ2v) is 3.68. The molecule has 0 aromatic heterocycles. The van der Waals surface area contributed by atoms with Crippen LogP contribution >= 0.6 is 0 Å². The molecule has 0 unspecified atom stereocenters. The number of amides is 2. The van der Waals surface area contributed by atoms with Crippen molar-refractivity contribution < 1.29 is 9.18 Å². The van der Waals surface area contributed by atoms with E-state index in [1.54, 1.807) is 24.3 Å². The number of halogens is 1. The number of hydrogen-bond donors (Lipinski definition) is 3. The van der Waals surface area contributed by atoms with E-state index in [0.717, 1.165) is 0 Å². The van der Waals surface area contributed by atoms with Gasteiger partial charge in [-0.15, -0.1) is 0 Å². The van der Waals surface area contributed by atoms with Gasteiger partial charge in [-0.05, 0) is 30.3 Å². The van der Waals surface area contributed by atoms with Gasteiger partial charge in [0, 0.05) is 11.4 Å². The van der Waals surface area contributed by atoms with E-state index >= 15 is 0 Å². The summed E-state index contributed by atoms with van der Waals surface area (Å²) in [6, 6.07) is 12.6. The highest BCUT2D eigenvalue weighted by Gasteiger charge is 2.04. The van der Waals surface area contributed by atoms with Crippen molar-refractivity contribution in [2.24, 2.45) is 0 Å². The van der Waals surface area contributed by atoms with Crippen LogP contribution in [0.2, 0.25) is 0 Å². The average Bonchev–Trinajstić information content (AvgIpc) is 2.35. The number of nitrogens with two attached hydrogens (primary N) is 1. The summed E-state index contributed by atoms with van der Waals surface area (Å²) in [5.74, 6) is -0.562. The number of anilines is 3. The van der Waals surface area contributed by atoms with E-state index in [4.69, 9.17) is 5.73 Å². The Balaban J connectivity index is 2.01. The Labute approximate surface area is 104 Å². The van der Waals surface area contributed by atoms with Gasteiger partial charge >= 0.3 is 6.03 Å². The van der Waals surface area contributed by atoms with Gasteiger partial charge in [0.1, 0.15) is 5.82 Å². The fourth-order valence-electron chi connectivity index (χ4n) is 1.42. The van der Waals surface area contributed by atoms with Crippen LogP contribution in [0, 0.1) is 5.82 Å². The zero-order valence-corrected chi connectivity index (χ0v) is 9.48. The van der Waals surface area contributed by atoms with E-state index in [2.05, 4.69) is 10.6 Å². The Morgan fingerprint density at radius 3 is 2.33 bits per heavy atom. The van der Waals surface area contributed by atoms with Gasteiger partial charge in [-0.3, -0.25) is 0 Å². The SMILES string of the molecule is Nc1ccc(NC(=O)Nc2ccccc2)cc1F. The molecular weight excluding hydrogens is 233 g/mol. The van der Waals surface area contributed by atoms with Gasteiger partial charge in [-0.1, -0.05) is 18.2 Å². The molecule has 0 atom stereocenters. The topological polar surface area (TPSA) is 67.1 Å². The molecule has 2 amide bonds. The number of rotatable bonds is 2. The Morgan fingerprint density at radius 1 is 1.00 bits per heavy atom. The third-order valence-electron chi connectivity index (χ3n) is 2.29. The van der Waals surface area contributed by atoms with Gasteiger partial charge in [-0.25, -0.2) is 9.18 Å². The first-order valence-corrected chi connectivity index (χ1v) is 5.33. The van der Waals surface area contributed by atoms with Gasteiger partial charge in [-0.2, -0.15) is 0 Å². The Morgan fingerprint density at radius 2 is 1.67 bits per heavy atom. The molecule has 5 heteroatoms. The predicted molar refractivity (Wildman–Crippen MR) is 69.9 cm³/mol. The molecule has 4 nitrogen and oxygen atoms in total. The molecule has 92 valence electrons. The first kappa shape index (κ1) is 11.9. The summed E-state index contributed by atoms with van der Waals surface area (Å²) in [5, 5.41) is 5.13. The first-order valence-electron chi connectivity index (χ1n) is 5.33. The predicted octanol–water partition coefficient (Wildman–Crippen LogP) is 3.05. The summed E-state index contributed by atoms with van der Waals surface area (Å²) in [7, 11) is 0. The van der Waals surface area contributed by atoms with Crippen LogP contribution in [-0.2, 0) is 0 Å². The highest BCUT2D eigenvalue weighted by molar-refractivity contribution is 5.99. The minimum absolute atomic E-state index is 0.0454. The minimum atomic E-state index is -0.562. The molecule has 0 aliphatic carbocycles. The third kappa shape index (κ3) is 2.98. The standard InChI is InChI=1S/C13H12FN3O/c14-11-8-10(6-7-12(11)15)17-13(18)16-9-4-2-1-3-5-9/h1-8H,15H2,(H2,16,17,18). The smallest absolute Gasteiger partial charge is 0.323 e. The van der Waals surface area contributed by atoms with Crippen LogP contribution in [0.15, 0.2) is 48.5 Å². The van der Waals surface area contributed by atoms with Crippen LogP contribution in [-0.4, -0.2) is 6.03 Å². The summed E-state index contributed by atoms with van der Waals surface area (Å²) in [4.78, 5) is 11.6. The van der Waals surface area contributed by atoms with Crippen LogP contribution in [0.3, 0.4) is 0 Å². The van der Waals surface area contributed by atoms with E-state index in [-0.39, 0.29) is 5.69 Å². The van der Waals surface area contributed by atoms with E-state index in [1.165, 1.54) is 18.2 Å². The molecule has 0 saturated carbocycles. The summed E-state index contributed by atoms with van der Waals surface area (Å²) >= 11 is 0. The molecule has 0 radical (unpaired) electrons. The van der Waals surface area contributed by atoms with E-state index in [9.17, 15) is 9.18 Å². The van der Waals surface area contributed by atoms with E-state index < -0.39 is 11.8 Å². The fourth-order valence-corrected chi connectivity index (χ4v) is 1.42. The van der Waals surface area contributed by atoms with Crippen LogP contribution in [0.1, 0.15) is 0 Å². The lowest BCUT2D eigenvalue weighted by Crippen LogP contribution is -2.19. The van der Waals surface area contributed by atoms with Gasteiger partial charge in [0.2, 0.25) is 0 Å². The Bertz CT molecular complexity index is 557. The third-order valence-corrected chi connectivity index (χ3v) is 2.29. The molecule has 0 heterocycles. The van der Waals surface area contributed by atoms with Crippen molar-refractivity contribution in [3.63, 3.8) is 0 Å². The quantitative estimate of drug-likeness (QED) is 0.712. The Hall–Kier alpha value is -2.56. The molecule has 0 aliphatic rings. The molecular formula is C13H12FN3O. The number of nitrogen functional groups attached to an aromatic ring is 1. The van der Waals surface area contributed by atoms with Crippen molar-refractivity contribution in [1.29, 1.82) is 0 Å². The number of nitrogens with one attached hydrogen (secondary N) is 2. The fraction of sp³-hybridized carbons (Fsp3) is 0. The van der Waals surface area contributed by atoms with Crippen molar-refractivity contribution in [1.82, 2.24) is 0 Å². The summed E-state index contributed by atoms with van der Waals surface area (Å²) in [6.07, 6.45) is 0. The number of benzene rings is 2. The maximum absolute atomic E-state index is 13.2. The lowest BCUT2D eigenvalue weighted by Gasteiger charge is -2.08. The van der Waals surface area contributed by atoms with Gasteiger partial charge < -0.3 is 16.4 Å². The molecule has 0 spiro atoms. The van der Waals surface area contributed by atoms with Gasteiger partial charge in [0.25, 0.3) is 0 Å². The van der Waals surface area contributed by atoms with Crippen molar-refractivity contribution in [2.75, 3.05) is 16.4 Å². The van der Waals surface area contributed by atoms with E-state index in [0.29, 0.717) is 11.4 Å². The zero-order chi connectivity index (χ0) is 13.0. The molecule has 18 heavy (non-hydrogen) atoms. The Kier molecular flexibility index (Phi) is 3.43. The lowest BCUT2D eigenvalue weighted by molar-refractivity contribution is 0.262. The lowest BCUT2D eigenvalue weighted by atomic mass is 10.2. The monoisotopic (exact) mass is 245 g/mol. The normalized spacial score (nSPS) is 9.83. The first-order chi connectivity index (χ1) is 8.65. The van der Waals surface area contributed by atoms with Crippen molar-refractivity contribution >= 4 is 23.1 Å². The largest absolute Gasteiger partial charge is 0.396 e. The molecule has 2 rings (SSSR count).